The Morgan fingerprint density at radius 2 is 1.92 bits per heavy atom. The minimum atomic E-state index is -4.68. The molecule has 0 saturated carbocycles. The Kier molecular flexibility index (Phi) is 4.15. The highest BCUT2D eigenvalue weighted by Crippen LogP contribution is 2.38. The van der Waals surface area contributed by atoms with Crippen molar-refractivity contribution in [1.82, 2.24) is 15.0 Å². The van der Waals surface area contributed by atoms with Crippen molar-refractivity contribution in [2.75, 3.05) is 5.73 Å². The van der Waals surface area contributed by atoms with Gasteiger partial charge < -0.3 is 10.5 Å². The summed E-state index contributed by atoms with van der Waals surface area (Å²) in [5, 5.41) is -0.286. The molecule has 3 aromatic rings. The van der Waals surface area contributed by atoms with E-state index in [1.54, 1.807) is 6.07 Å². The monoisotopic (exact) mass is 354 g/mol. The fourth-order valence-corrected chi connectivity index (χ4v) is 2.25. The third kappa shape index (κ3) is 3.33. The van der Waals surface area contributed by atoms with Crippen LogP contribution in [0.2, 0.25) is 5.15 Å². The lowest BCUT2D eigenvalue weighted by Crippen LogP contribution is -2.26. The maximum Gasteiger partial charge on any atom is 0.429 e. The summed E-state index contributed by atoms with van der Waals surface area (Å²) in [7, 11) is 0. The van der Waals surface area contributed by atoms with E-state index in [-0.39, 0.29) is 10.7 Å². The van der Waals surface area contributed by atoms with Gasteiger partial charge in [-0.2, -0.15) is 13.2 Å². The molecule has 0 radical (unpaired) electrons. The minimum Gasteiger partial charge on any atom is -0.457 e. The Hall–Kier alpha value is -2.61. The van der Waals surface area contributed by atoms with Crippen LogP contribution in [0.15, 0.2) is 42.7 Å². The number of pyridine rings is 1. The van der Waals surface area contributed by atoms with E-state index in [0.717, 1.165) is 6.20 Å². The highest BCUT2D eigenvalue weighted by atomic mass is 35.5. The Morgan fingerprint density at radius 3 is 2.58 bits per heavy atom. The summed E-state index contributed by atoms with van der Waals surface area (Å²) in [5.41, 5.74) is 6.57. The van der Waals surface area contributed by atoms with Crippen LogP contribution in [-0.4, -0.2) is 21.1 Å². The predicted molar refractivity (Wildman–Crippen MR) is 82.6 cm³/mol. The van der Waals surface area contributed by atoms with Crippen LogP contribution in [0, 0.1) is 0 Å². The molecule has 1 unspecified atom stereocenters. The van der Waals surface area contributed by atoms with Gasteiger partial charge in [-0.15, -0.1) is 0 Å². The van der Waals surface area contributed by atoms with Crippen LogP contribution < -0.4 is 10.5 Å². The molecular formula is C15H10ClF3N4O. The van der Waals surface area contributed by atoms with E-state index in [0.29, 0.717) is 16.7 Å². The van der Waals surface area contributed by atoms with Crippen LogP contribution in [0.1, 0.15) is 11.7 Å². The molecule has 2 heterocycles. The first-order valence-electron chi connectivity index (χ1n) is 6.70. The first kappa shape index (κ1) is 16.3. The van der Waals surface area contributed by atoms with E-state index >= 15 is 0 Å². The predicted octanol–water partition coefficient (Wildman–Crippen LogP) is 3.94. The number of benzene rings is 1. The first-order chi connectivity index (χ1) is 11.3. The summed E-state index contributed by atoms with van der Waals surface area (Å²) in [4.78, 5) is 11.7. The van der Waals surface area contributed by atoms with E-state index in [1.165, 1.54) is 30.5 Å². The molecule has 0 aliphatic rings. The van der Waals surface area contributed by atoms with Gasteiger partial charge in [0.25, 0.3) is 5.88 Å². The van der Waals surface area contributed by atoms with Crippen molar-refractivity contribution in [1.29, 1.82) is 0 Å². The van der Waals surface area contributed by atoms with Crippen LogP contribution in [0.5, 0.6) is 5.88 Å². The third-order valence-corrected chi connectivity index (χ3v) is 3.38. The maximum absolute atomic E-state index is 13.3. The Labute approximate surface area is 139 Å². The quantitative estimate of drug-likeness (QED) is 0.721. The number of hydrogen-bond acceptors (Lipinski definition) is 5. The molecule has 0 aliphatic carbocycles. The molecule has 0 spiro atoms. The lowest BCUT2D eigenvalue weighted by atomic mass is 10.1. The van der Waals surface area contributed by atoms with Crippen molar-refractivity contribution in [3.8, 4) is 5.88 Å². The summed E-state index contributed by atoms with van der Waals surface area (Å²) < 4.78 is 45.0. The van der Waals surface area contributed by atoms with Crippen molar-refractivity contribution in [3.05, 3.63) is 53.4 Å². The maximum atomic E-state index is 13.3. The molecule has 9 heteroatoms. The van der Waals surface area contributed by atoms with Crippen molar-refractivity contribution >= 4 is 28.3 Å². The molecule has 0 fully saturated rings. The number of anilines is 1. The van der Waals surface area contributed by atoms with Gasteiger partial charge in [0.2, 0.25) is 6.10 Å². The summed E-state index contributed by atoms with van der Waals surface area (Å²) >= 11 is 5.91. The highest BCUT2D eigenvalue weighted by Gasteiger charge is 2.44. The number of hydrogen-bond donors (Lipinski definition) is 1. The number of ether oxygens (including phenoxy) is 1. The molecule has 0 bridgehead atoms. The normalized spacial score (nSPS) is 13.0. The number of halogens is 4. The van der Waals surface area contributed by atoms with Crippen LogP contribution in [0.25, 0.3) is 11.0 Å². The molecule has 0 amide bonds. The van der Waals surface area contributed by atoms with E-state index in [4.69, 9.17) is 22.1 Å². The Morgan fingerprint density at radius 1 is 1.12 bits per heavy atom. The van der Waals surface area contributed by atoms with Crippen molar-refractivity contribution < 1.29 is 17.9 Å². The fraction of sp³-hybridized carbons (Fsp3) is 0.133. The number of nitrogens with two attached hydrogens (primary N) is 1. The van der Waals surface area contributed by atoms with Gasteiger partial charge >= 0.3 is 6.18 Å². The Balaban J connectivity index is 2.02. The molecule has 2 aromatic heterocycles. The van der Waals surface area contributed by atoms with Crippen molar-refractivity contribution in [2.24, 2.45) is 0 Å². The largest absolute Gasteiger partial charge is 0.457 e. The molecule has 2 N–H and O–H groups in total. The van der Waals surface area contributed by atoms with E-state index in [1.807, 2.05) is 0 Å². The van der Waals surface area contributed by atoms with Gasteiger partial charge in [-0.25, -0.2) is 9.97 Å². The zero-order valence-corrected chi connectivity index (χ0v) is 12.7. The lowest BCUT2D eigenvalue weighted by molar-refractivity contribution is -0.198. The molecule has 0 saturated heterocycles. The lowest BCUT2D eigenvalue weighted by Gasteiger charge is -2.21. The topological polar surface area (TPSA) is 73.9 Å². The Bertz CT molecular complexity index is 874. The molecular weight excluding hydrogens is 345 g/mol. The average molecular weight is 355 g/mol. The van der Waals surface area contributed by atoms with Gasteiger partial charge in [0.1, 0.15) is 0 Å². The van der Waals surface area contributed by atoms with E-state index in [9.17, 15) is 13.2 Å². The van der Waals surface area contributed by atoms with Gasteiger partial charge in [0.05, 0.1) is 11.0 Å². The average Bonchev–Trinajstić information content (AvgIpc) is 2.52. The molecule has 5 nitrogen and oxygen atoms in total. The van der Waals surface area contributed by atoms with E-state index in [2.05, 4.69) is 15.0 Å². The van der Waals surface area contributed by atoms with Crippen LogP contribution in [0.3, 0.4) is 0 Å². The second kappa shape index (κ2) is 6.12. The molecule has 3 rings (SSSR count). The van der Waals surface area contributed by atoms with Gasteiger partial charge in [0.15, 0.2) is 5.15 Å². The van der Waals surface area contributed by atoms with Crippen LogP contribution in [-0.2, 0) is 0 Å². The third-order valence-electron chi connectivity index (χ3n) is 3.13. The second-order valence-electron chi connectivity index (χ2n) is 4.89. The summed E-state index contributed by atoms with van der Waals surface area (Å²) in [6.07, 6.45) is -4.50. The minimum absolute atomic E-state index is 0.166. The fourth-order valence-electron chi connectivity index (χ4n) is 2.08. The summed E-state index contributed by atoms with van der Waals surface area (Å²) in [5.74, 6) is -0.417. The van der Waals surface area contributed by atoms with Crippen LogP contribution in [0.4, 0.5) is 18.9 Å². The number of alkyl halides is 3. The molecule has 24 heavy (non-hydrogen) atoms. The molecule has 1 aromatic carbocycles. The summed E-state index contributed by atoms with van der Waals surface area (Å²) in [6, 6.07) is 7.23. The SMILES string of the molecule is Nc1ccc2nc(OC(c3cccnc3)C(F)(F)F)c(Cl)nc2c1. The number of aromatic nitrogens is 3. The number of rotatable bonds is 3. The van der Waals surface area contributed by atoms with Gasteiger partial charge in [-0.3, -0.25) is 4.98 Å². The van der Waals surface area contributed by atoms with Crippen LogP contribution >= 0.6 is 11.6 Å². The van der Waals surface area contributed by atoms with Gasteiger partial charge in [-0.1, -0.05) is 17.7 Å². The smallest absolute Gasteiger partial charge is 0.429 e. The van der Waals surface area contributed by atoms with Gasteiger partial charge in [0, 0.05) is 23.6 Å². The standard InChI is InChI=1S/C15H10ClF3N4O/c16-13-14(23-10-4-3-9(20)6-11(10)22-13)24-12(15(17,18)19)8-2-1-5-21-7-8/h1-7,12H,20H2. The number of nitrogens with zero attached hydrogens (tertiary/aromatic N) is 3. The first-order valence-corrected chi connectivity index (χ1v) is 7.08. The molecule has 1 atom stereocenters. The zero-order valence-electron chi connectivity index (χ0n) is 12.0. The molecule has 0 aliphatic heterocycles. The van der Waals surface area contributed by atoms with Crippen molar-refractivity contribution in [2.45, 2.75) is 12.3 Å². The molecule has 124 valence electrons. The second-order valence-corrected chi connectivity index (χ2v) is 5.25. The zero-order chi connectivity index (χ0) is 17.3. The number of fused-ring (bicyclic) bond motifs is 1. The van der Waals surface area contributed by atoms with Crippen molar-refractivity contribution in [3.63, 3.8) is 0 Å². The van der Waals surface area contributed by atoms with E-state index < -0.39 is 18.2 Å². The summed E-state index contributed by atoms with van der Waals surface area (Å²) in [6.45, 7) is 0. The number of nitrogen functional groups attached to an aromatic ring is 1. The highest BCUT2D eigenvalue weighted by molar-refractivity contribution is 6.31. The van der Waals surface area contributed by atoms with Gasteiger partial charge in [-0.05, 0) is 24.3 Å².